The van der Waals surface area contributed by atoms with Crippen LogP contribution in [0.2, 0.25) is 10.0 Å². The molecule has 1 fully saturated rings. The van der Waals surface area contributed by atoms with Crippen LogP contribution in [-0.4, -0.2) is 41.7 Å². The van der Waals surface area contributed by atoms with E-state index in [9.17, 15) is 29.3 Å². The topological polar surface area (TPSA) is 133 Å². The Morgan fingerprint density at radius 3 is 2.44 bits per heavy atom. The quantitative estimate of drug-likeness (QED) is 0.118. The summed E-state index contributed by atoms with van der Waals surface area (Å²) < 4.78 is 10.4. The highest BCUT2D eigenvalue weighted by Gasteiger charge is 2.37. The molecule has 39 heavy (non-hydrogen) atoms. The second-order valence-electron chi connectivity index (χ2n) is 8.70. The number of hydrogen-bond donors (Lipinski definition) is 0. The van der Waals surface area contributed by atoms with Gasteiger partial charge >= 0.3 is 11.9 Å². The first kappa shape index (κ1) is 27.7. The van der Waals surface area contributed by atoms with Crippen molar-refractivity contribution in [2.24, 2.45) is 5.92 Å². The van der Waals surface area contributed by atoms with Gasteiger partial charge in [-0.2, -0.15) is 0 Å². The number of ether oxygens (including phenoxy) is 2. The zero-order valence-corrected chi connectivity index (χ0v) is 21.9. The van der Waals surface area contributed by atoms with E-state index in [0.29, 0.717) is 16.3 Å². The zero-order chi connectivity index (χ0) is 28.3. The molecule has 1 saturated heterocycles. The van der Waals surface area contributed by atoms with Crippen molar-refractivity contribution in [2.45, 2.75) is 13.3 Å². The number of rotatable bonds is 8. The minimum atomic E-state index is -0.827. The van der Waals surface area contributed by atoms with E-state index in [1.807, 2.05) is 0 Å². The van der Waals surface area contributed by atoms with Crippen LogP contribution in [0, 0.1) is 23.0 Å². The van der Waals surface area contributed by atoms with Crippen LogP contribution in [0.25, 0.3) is 0 Å². The van der Waals surface area contributed by atoms with Gasteiger partial charge in [0.2, 0.25) is 5.91 Å². The average molecular weight is 571 g/mol. The SMILES string of the molecule is Cc1ccc(N2C[C@@H](C(=O)OCC(=O)c3ccc(OC(=O)c4ccc(Cl)cc4Cl)cc3)CC2=O)cc1[N+](=O)[O-]. The standard InChI is InChI=1S/C27H20Cl2N2O8/c1-15-2-6-19(12-23(15)31(36)37)30-13-17(10-25(30)33)26(34)38-14-24(32)16-3-7-20(8-4-16)39-27(35)21-9-5-18(28)11-22(21)29/h2-9,11-12,17H,10,13-14H2,1H3/t17-/m0/s1. The molecule has 0 spiro atoms. The number of amides is 1. The molecule has 3 aromatic carbocycles. The Balaban J connectivity index is 1.31. The molecule has 1 heterocycles. The normalized spacial score (nSPS) is 14.7. The van der Waals surface area contributed by atoms with E-state index in [1.165, 1.54) is 59.5 Å². The first-order valence-corrected chi connectivity index (χ1v) is 12.3. The predicted molar refractivity (Wildman–Crippen MR) is 141 cm³/mol. The van der Waals surface area contributed by atoms with Gasteiger partial charge in [-0.1, -0.05) is 29.3 Å². The van der Waals surface area contributed by atoms with Gasteiger partial charge in [-0.05, 0) is 55.5 Å². The summed E-state index contributed by atoms with van der Waals surface area (Å²) in [7, 11) is 0. The third-order valence-electron chi connectivity index (χ3n) is 6.04. The third-order valence-corrected chi connectivity index (χ3v) is 6.59. The van der Waals surface area contributed by atoms with Crippen molar-refractivity contribution in [3.63, 3.8) is 0 Å². The van der Waals surface area contributed by atoms with Crippen LogP contribution in [0.1, 0.15) is 32.7 Å². The van der Waals surface area contributed by atoms with E-state index >= 15 is 0 Å². The number of esters is 2. The number of aryl methyl sites for hydroxylation is 1. The van der Waals surface area contributed by atoms with Gasteiger partial charge in [0.05, 0.1) is 27.1 Å². The molecule has 12 heteroatoms. The van der Waals surface area contributed by atoms with Gasteiger partial charge in [0.15, 0.2) is 12.4 Å². The van der Waals surface area contributed by atoms with Crippen molar-refractivity contribution < 1.29 is 33.6 Å². The lowest BCUT2D eigenvalue weighted by molar-refractivity contribution is -0.385. The fraction of sp³-hybridized carbons (Fsp3) is 0.185. The van der Waals surface area contributed by atoms with Crippen LogP contribution in [0.4, 0.5) is 11.4 Å². The number of benzene rings is 3. The lowest BCUT2D eigenvalue weighted by Gasteiger charge is -2.16. The van der Waals surface area contributed by atoms with Crippen molar-refractivity contribution in [2.75, 3.05) is 18.1 Å². The van der Waals surface area contributed by atoms with Gasteiger partial charge in [-0.3, -0.25) is 24.5 Å². The Bertz CT molecular complexity index is 1490. The first-order valence-electron chi connectivity index (χ1n) is 11.6. The Kier molecular flexibility index (Phi) is 8.27. The molecule has 0 unspecified atom stereocenters. The lowest BCUT2D eigenvalue weighted by Crippen LogP contribution is -2.27. The maximum Gasteiger partial charge on any atom is 0.345 e. The summed E-state index contributed by atoms with van der Waals surface area (Å²) in [6.45, 7) is 1.01. The van der Waals surface area contributed by atoms with Crippen LogP contribution < -0.4 is 9.64 Å². The molecule has 200 valence electrons. The fourth-order valence-electron chi connectivity index (χ4n) is 3.94. The number of Topliss-reactive ketones (excluding diaryl/α,β-unsaturated/α-hetero) is 1. The van der Waals surface area contributed by atoms with Crippen LogP contribution in [-0.2, 0) is 14.3 Å². The van der Waals surface area contributed by atoms with Gasteiger partial charge < -0.3 is 14.4 Å². The van der Waals surface area contributed by atoms with Crippen LogP contribution >= 0.6 is 23.2 Å². The van der Waals surface area contributed by atoms with Crippen LogP contribution in [0.5, 0.6) is 5.75 Å². The zero-order valence-electron chi connectivity index (χ0n) is 20.4. The molecule has 1 amide bonds. The number of hydrogen-bond acceptors (Lipinski definition) is 8. The van der Waals surface area contributed by atoms with Gasteiger partial charge in [0.1, 0.15) is 5.75 Å². The number of ketones is 1. The Morgan fingerprint density at radius 1 is 1.05 bits per heavy atom. The number of nitro benzene ring substituents is 1. The molecule has 0 saturated carbocycles. The maximum atomic E-state index is 12.6. The van der Waals surface area contributed by atoms with Gasteiger partial charge in [-0.15, -0.1) is 0 Å². The average Bonchev–Trinajstić information content (AvgIpc) is 3.29. The molecule has 0 aliphatic carbocycles. The number of halogens is 2. The maximum absolute atomic E-state index is 12.6. The monoisotopic (exact) mass is 570 g/mol. The number of carbonyl (C=O) groups excluding carboxylic acids is 4. The summed E-state index contributed by atoms with van der Waals surface area (Å²) in [4.78, 5) is 61.9. The van der Waals surface area contributed by atoms with E-state index < -0.39 is 35.2 Å². The first-order chi connectivity index (χ1) is 18.5. The Labute approximate surface area is 232 Å². The van der Waals surface area contributed by atoms with E-state index in [-0.39, 0.29) is 46.5 Å². The number of carbonyl (C=O) groups is 4. The van der Waals surface area contributed by atoms with Crippen LogP contribution in [0.3, 0.4) is 0 Å². The molecule has 10 nitrogen and oxygen atoms in total. The van der Waals surface area contributed by atoms with Crippen molar-refractivity contribution >= 4 is 58.2 Å². The fourth-order valence-corrected chi connectivity index (χ4v) is 4.43. The lowest BCUT2D eigenvalue weighted by atomic mass is 10.1. The summed E-state index contributed by atoms with van der Waals surface area (Å²) in [5.41, 5.74) is 0.956. The molecule has 0 N–H and O–H groups in total. The van der Waals surface area contributed by atoms with E-state index in [0.717, 1.165) is 0 Å². The minimum Gasteiger partial charge on any atom is -0.457 e. The van der Waals surface area contributed by atoms with Gasteiger partial charge in [0, 0.05) is 35.2 Å². The summed E-state index contributed by atoms with van der Waals surface area (Å²) in [6.07, 6.45) is -0.146. The molecule has 1 aliphatic heterocycles. The number of nitro groups is 1. The second-order valence-corrected chi connectivity index (χ2v) is 9.55. The largest absolute Gasteiger partial charge is 0.457 e. The predicted octanol–water partition coefficient (Wildman–Crippen LogP) is 5.21. The molecule has 4 rings (SSSR count). The van der Waals surface area contributed by atoms with Crippen molar-refractivity contribution in [1.82, 2.24) is 0 Å². The molecule has 0 bridgehead atoms. The van der Waals surface area contributed by atoms with Crippen molar-refractivity contribution in [3.8, 4) is 5.75 Å². The van der Waals surface area contributed by atoms with Crippen molar-refractivity contribution in [3.05, 3.63) is 97.5 Å². The highest BCUT2D eigenvalue weighted by Crippen LogP contribution is 2.30. The van der Waals surface area contributed by atoms with Crippen molar-refractivity contribution in [1.29, 1.82) is 0 Å². The van der Waals surface area contributed by atoms with E-state index in [4.69, 9.17) is 32.7 Å². The van der Waals surface area contributed by atoms with E-state index in [1.54, 1.807) is 13.0 Å². The molecule has 0 radical (unpaired) electrons. The third kappa shape index (κ3) is 6.42. The summed E-state index contributed by atoms with van der Waals surface area (Å²) >= 11 is 11.8. The highest BCUT2D eigenvalue weighted by molar-refractivity contribution is 6.36. The minimum absolute atomic E-state index is 0.0240. The molecule has 0 aromatic heterocycles. The summed E-state index contributed by atoms with van der Waals surface area (Å²) in [5, 5.41) is 11.7. The summed E-state index contributed by atoms with van der Waals surface area (Å²) in [6, 6.07) is 14.4. The molecule has 1 aliphatic rings. The van der Waals surface area contributed by atoms with Gasteiger partial charge in [0.25, 0.3) is 5.69 Å². The molecule has 3 aromatic rings. The second kappa shape index (κ2) is 11.6. The molecule has 1 atom stereocenters. The van der Waals surface area contributed by atoms with Crippen LogP contribution in [0.15, 0.2) is 60.7 Å². The number of anilines is 1. The summed E-state index contributed by atoms with van der Waals surface area (Å²) in [5.74, 6) is -2.98. The molecular formula is C27H20Cl2N2O8. The highest BCUT2D eigenvalue weighted by atomic mass is 35.5. The van der Waals surface area contributed by atoms with Gasteiger partial charge in [-0.25, -0.2) is 4.79 Å². The Hall–Kier alpha value is -4.28. The smallest absolute Gasteiger partial charge is 0.345 e. The molecular weight excluding hydrogens is 551 g/mol. The number of nitrogens with zero attached hydrogens (tertiary/aromatic N) is 2. The van der Waals surface area contributed by atoms with E-state index in [2.05, 4.69) is 0 Å². The Morgan fingerprint density at radius 2 is 1.77 bits per heavy atom.